The molecule has 98 valence electrons. The number of nitrogens with one attached hydrogen (secondary N) is 1. The molecule has 8 heteroatoms. The van der Waals surface area contributed by atoms with Gasteiger partial charge in [-0.2, -0.15) is 9.64 Å². The molecule has 1 heterocycles. The molecule has 0 aliphatic heterocycles. The van der Waals surface area contributed by atoms with E-state index in [9.17, 15) is 17.6 Å². The molecule has 0 saturated heterocycles. The maximum atomic E-state index is 13.4. The molecule has 19 heavy (non-hydrogen) atoms. The van der Waals surface area contributed by atoms with Gasteiger partial charge in [0.15, 0.2) is 23.3 Å². The van der Waals surface area contributed by atoms with Gasteiger partial charge in [-0.1, -0.05) is 0 Å². The van der Waals surface area contributed by atoms with E-state index in [0.29, 0.717) is 5.69 Å². The molecule has 0 aliphatic rings. The van der Waals surface area contributed by atoms with Gasteiger partial charge in [0.1, 0.15) is 22.3 Å². The van der Waals surface area contributed by atoms with Crippen LogP contribution in [0.25, 0.3) is 0 Å². The minimum Gasteiger partial charge on any atom is -0.340 e. The predicted molar refractivity (Wildman–Crippen MR) is 61.1 cm³/mol. The maximum Gasteiger partial charge on any atom is 0.185 e. The molecule has 0 spiro atoms. The topological polar surface area (TPSA) is 48.7 Å². The zero-order valence-electron chi connectivity index (χ0n) is 9.39. The van der Waals surface area contributed by atoms with Crippen molar-refractivity contribution in [2.24, 2.45) is 0 Å². The summed E-state index contributed by atoms with van der Waals surface area (Å²) in [7, 11) is 0. The van der Waals surface area contributed by atoms with Crippen LogP contribution in [0.2, 0.25) is 0 Å². The highest BCUT2D eigenvalue weighted by Crippen LogP contribution is 2.31. The summed E-state index contributed by atoms with van der Waals surface area (Å²) >= 11 is 0.763. The van der Waals surface area contributed by atoms with Gasteiger partial charge in [0, 0.05) is 6.07 Å². The number of nitriles is 1. The number of aromatic nitrogens is 1. The molecular weight excluding hydrogens is 282 g/mol. The second-order valence-electron chi connectivity index (χ2n) is 3.55. The van der Waals surface area contributed by atoms with Gasteiger partial charge >= 0.3 is 0 Å². The van der Waals surface area contributed by atoms with Crippen LogP contribution in [0.3, 0.4) is 0 Å². The first-order valence-electron chi connectivity index (χ1n) is 4.92. The molecule has 0 bridgehead atoms. The van der Waals surface area contributed by atoms with Crippen molar-refractivity contribution in [3.63, 3.8) is 0 Å². The van der Waals surface area contributed by atoms with Crippen molar-refractivity contribution < 1.29 is 17.6 Å². The van der Waals surface area contributed by atoms with E-state index in [4.69, 9.17) is 5.26 Å². The van der Waals surface area contributed by atoms with Crippen molar-refractivity contribution in [3.05, 3.63) is 40.6 Å². The second-order valence-corrected chi connectivity index (χ2v) is 4.33. The quantitative estimate of drug-likeness (QED) is 0.678. The van der Waals surface area contributed by atoms with E-state index in [-0.39, 0.29) is 16.6 Å². The Morgan fingerprint density at radius 3 is 2.32 bits per heavy atom. The smallest absolute Gasteiger partial charge is 0.185 e. The molecule has 3 nitrogen and oxygen atoms in total. The van der Waals surface area contributed by atoms with Gasteiger partial charge in [-0.05, 0) is 18.5 Å². The summed E-state index contributed by atoms with van der Waals surface area (Å²) in [4.78, 5) is 0. The third kappa shape index (κ3) is 2.24. The summed E-state index contributed by atoms with van der Waals surface area (Å²) in [5.41, 5.74) is -0.571. The molecule has 0 amide bonds. The van der Waals surface area contributed by atoms with E-state index in [2.05, 4.69) is 9.69 Å². The molecule has 1 N–H and O–H groups in total. The van der Waals surface area contributed by atoms with E-state index < -0.39 is 29.0 Å². The lowest BCUT2D eigenvalue weighted by molar-refractivity contribution is 0.459. The van der Waals surface area contributed by atoms with Crippen LogP contribution in [-0.4, -0.2) is 4.37 Å². The van der Waals surface area contributed by atoms with Crippen LogP contribution in [-0.2, 0) is 0 Å². The Hall–Kier alpha value is -2.14. The summed E-state index contributed by atoms with van der Waals surface area (Å²) in [5.74, 6) is -6.18. The monoisotopic (exact) mass is 287 g/mol. The van der Waals surface area contributed by atoms with Crippen molar-refractivity contribution in [2.75, 3.05) is 5.32 Å². The van der Waals surface area contributed by atoms with Gasteiger partial charge in [0.05, 0.1) is 5.69 Å². The van der Waals surface area contributed by atoms with E-state index in [1.165, 1.54) is 6.92 Å². The number of halogens is 4. The number of aryl methyl sites for hydroxylation is 1. The number of nitrogens with zero attached hydrogens (tertiary/aromatic N) is 2. The third-order valence-electron chi connectivity index (χ3n) is 2.32. The normalized spacial score (nSPS) is 10.3. The fraction of sp³-hybridized carbons (Fsp3) is 0.0909. The lowest BCUT2D eigenvalue weighted by Gasteiger charge is -2.08. The molecule has 0 aliphatic carbocycles. The Morgan fingerprint density at radius 2 is 1.79 bits per heavy atom. The lowest BCUT2D eigenvalue weighted by Crippen LogP contribution is -2.02. The molecule has 0 saturated carbocycles. The Labute approximate surface area is 109 Å². The van der Waals surface area contributed by atoms with Crippen molar-refractivity contribution >= 4 is 22.2 Å². The molecule has 0 radical (unpaired) electrons. The van der Waals surface area contributed by atoms with Gasteiger partial charge in [-0.25, -0.2) is 17.6 Å². The van der Waals surface area contributed by atoms with Gasteiger partial charge in [-0.3, -0.25) is 0 Å². The SMILES string of the molecule is Cc1nsc(Nc2c(F)c(F)cc(F)c2F)c1C#N. The highest BCUT2D eigenvalue weighted by Gasteiger charge is 2.21. The van der Waals surface area contributed by atoms with Gasteiger partial charge in [-0.15, -0.1) is 0 Å². The number of benzene rings is 1. The first-order chi connectivity index (χ1) is 8.95. The molecule has 2 aromatic rings. The van der Waals surface area contributed by atoms with E-state index in [1.54, 1.807) is 6.07 Å². The van der Waals surface area contributed by atoms with Crippen LogP contribution < -0.4 is 5.32 Å². The van der Waals surface area contributed by atoms with Crippen LogP contribution in [0.4, 0.5) is 28.3 Å². The molecule has 0 atom stereocenters. The first kappa shape index (κ1) is 13.3. The average molecular weight is 287 g/mol. The van der Waals surface area contributed by atoms with Crippen molar-refractivity contribution in [2.45, 2.75) is 6.92 Å². The molecular formula is C11H5F4N3S. The Kier molecular flexibility index (Phi) is 3.40. The van der Waals surface area contributed by atoms with Crippen molar-refractivity contribution in [1.82, 2.24) is 4.37 Å². The molecule has 1 aromatic heterocycles. The number of hydrogen-bond acceptors (Lipinski definition) is 4. The highest BCUT2D eigenvalue weighted by atomic mass is 32.1. The zero-order valence-corrected chi connectivity index (χ0v) is 10.2. The predicted octanol–water partition coefficient (Wildman–Crippen LogP) is 3.62. The minimum absolute atomic E-state index is 0.0165. The largest absolute Gasteiger partial charge is 0.340 e. The molecule has 1 aromatic carbocycles. The standard InChI is InChI=1S/C11H5F4N3S/c1-4-5(3-16)11(19-18-4)17-10-8(14)6(12)2-7(13)9(10)15/h2,17H,1H3. The summed E-state index contributed by atoms with van der Waals surface area (Å²) in [6.07, 6.45) is 0. The minimum atomic E-state index is -1.56. The fourth-order valence-corrected chi connectivity index (χ4v) is 2.13. The summed E-state index contributed by atoms with van der Waals surface area (Å²) in [5, 5.41) is 11.0. The number of rotatable bonds is 2. The molecule has 2 rings (SSSR count). The average Bonchev–Trinajstić information content (AvgIpc) is 2.72. The van der Waals surface area contributed by atoms with Crippen LogP contribution in [0, 0.1) is 41.5 Å². The number of hydrogen-bond donors (Lipinski definition) is 1. The Bertz CT molecular complexity index is 664. The maximum absolute atomic E-state index is 13.4. The lowest BCUT2D eigenvalue weighted by atomic mass is 10.2. The number of anilines is 2. The first-order valence-corrected chi connectivity index (χ1v) is 5.69. The van der Waals surface area contributed by atoms with Crippen LogP contribution in [0.5, 0.6) is 0 Å². The summed E-state index contributed by atoms with van der Waals surface area (Å²) < 4.78 is 56.7. The van der Waals surface area contributed by atoms with Crippen LogP contribution >= 0.6 is 11.5 Å². The molecule has 0 fully saturated rings. The van der Waals surface area contributed by atoms with Gasteiger partial charge in [0.2, 0.25) is 0 Å². The van der Waals surface area contributed by atoms with Crippen molar-refractivity contribution in [3.8, 4) is 6.07 Å². The third-order valence-corrected chi connectivity index (χ3v) is 3.18. The van der Waals surface area contributed by atoms with E-state index in [0.717, 1.165) is 11.5 Å². The highest BCUT2D eigenvalue weighted by molar-refractivity contribution is 7.10. The summed E-state index contributed by atoms with van der Waals surface area (Å²) in [6, 6.07) is 1.90. The summed E-state index contributed by atoms with van der Waals surface area (Å²) in [6.45, 7) is 1.53. The molecule has 0 unspecified atom stereocenters. The van der Waals surface area contributed by atoms with Crippen molar-refractivity contribution in [1.29, 1.82) is 5.26 Å². The van der Waals surface area contributed by atoms with E-state index >= 15 is 0 Å². The van der Waals surface area contributed by atoms with Gasteiger partial charge in [0.25, 0.3) is 0 Å². The zero-order chi connectivity index (χ0) is 14.2. The van der Waals surface area contributed by atoms with Crippen LogP contribution in [0.1, 0.15) is 11.3 Å². The van der Waals surface area contributed by atoms with E-state index in [1.807, 2.05) is 0 Å². The van der Waals surface area contributed by atoms with Gasteiger partial charge < -0.3 is 5.32 Å². The Balaban J connectivity index is 2.53. The second kappa shape index (κ2) is 4.85. The van der Waals surface area contributed by atoms with Crippen LogP contribution in [0.15, 0.2) is 6.07 Å². The fourth-order valence-electron chi connectivity index (χ4n) is 1.38. The Morgan fingerprint density at radius 1 is 1.21 bits per heavy atom.